The zero-order chi connectivity index (χ0) is 19.8. The molecule has 0 radical (unpaired) electrons. The van der Waals surface area contributed by atoms with Gasteiger partial charge < -0.3 is 10.6 Å². The van der Waals surface area contributed by atoms with Crippen LogP contribution in [0.2, 0.25) is 0 Å². The van der Waals surface area contributed by atoms with Crippen LogP contribution in [0, 0.1) is 5.92 Å². The summed E-state index contributed by atoms with van der Waals surface area (Å²) < 4.78 is 27.1. The van der Waals surface area contributed by atoms with E-state index in [9.17, 15) is 8.42 Å². The van der Waals surface area contributed by atoms with Crippen molar-refractivity contribution in [3.05, 3.63) is 30.3 Å². The van der Waals surface area contributed by atoms with Crippen molar-refractivity contribution in [2.24, 2.45) is 10.9 Å². The molecule has 6 nitrogen and oxygen atoms in total. The van der Waals surface area contributed by atoms with Crippen molar-refractivity contribution >= 4 is 40.0 Å². The lowest BCUT2D eigenvalue weighted by Crippen LogP contribution is -2.44. The van der Waals surface area contributed by atoms with Crippen molar-refractivity contribution in [3.8, 4) is 0 Å². The van der Waals surface area contributed by atoms with E-state index in [1.807, 2.05) is 6.07 Å². The van der Waals surface area contributed by atoms with E-state index in [1.165, 1.54) is 32.1 Å². The molecule has 29 heavy (non-hydrogen) atoms. The van der Waals surface area contributed by atoms with Crippen LogP contribution in [0.5, 0.6) is 0 Å². The highest BCUT2D eigenvalue weighted by Crippen LogP contribution is 2.24. The first-order valence-corrected chi connectivity index (χ1v) is 12.1. The molecule has 0 amide bonds. The molecule has 2 N–H and O–H groups in total. The molecule has 0 bridgehead atoms. The van der Waals surface area contributed by atoms with Gasteiger partial charge in [0.2, 0.25) is 10.0 Å². The molecule has 0 atom stereocenters. The highest BCUT2D eigenvalue weighted by Gasteiger charge is 2.29. The van der Waals surface area contributed by atoms with Gasteiger partial charge in [0, 0.05) is 32.2 Å². The summed E-state index contributed by atoms with van der Waals surface area (Å²) in [4.78, 5) is 5.19. The predicted molar refractivity (Wildman–Crippen MR) is 129 cm³/mol. The number of nitrogens with one attached hydrogen (secondary N) is 2. The summed E-state index contributed by atoms with van der Waals surface area (Å²) in [5, 5.41) is 6.94. The van der Waals surface area contributed by atoms with Crippen molar-refractivity contribution in [1.82, 2.24) is 14.9 Å². The highest BCUT2D eigenvalue weighted by atomic mass is 127. The lowest BCUT2D eigenvalue weighted by molar-refractivity contribution is 0.278. The fourth-order valence-corrected chi connectivity index (χ4v) is 5.55. The summed E-state index contributed by atoms with van der Waals surface area (Å²) in [6, 6.07) is 9.26. The molecule has 1 aromatic rings. The number of hydrogen-bond donors (Lipinski definition) is 2. The Morgan fingerprint density at radius 3 is 2.34 bits per heavy atom. The fraction of sp³-hybridized carbons (Fsp3) is 0.667. The second-order valence-electron chi connectivity index (χ2n) is 7.86. The molecule has 8 heteroatoms. The Labute approximate surface area is 193 Å². The summed E-state index contributed by atoms with van der Waals surface area (Å²) >= 11 is 0. The summed E-state index contributed by atoms with van der Waals surface area (Å²) in [5.74, 6) is 1.35. The third kappa shape index (κ3) is 7.10. The number of rotatable bonds is 6. The normalized spacial score (nSPS) is 20.1. The largest absolute Gasteiger partial charge is 0.357 e. The molecule has 1 saturated heterocycles. The Hall–Kier alpha value is -0.870. The molecular formula is C21H35IN4O2S. The van der Waals surface area contributed by atoms with Gasteiger partial charge in [-0.2, -0.15) is 4.31 Å². The van der Waals surface area contributed by atoms with Crippen molar-refractivity contribution < 1.29 is 8.42 Å². The van der Waals surface area contributed by atoms with Gasteiger partial charge in [-0.1, -0.05) is 37.5 Å². The van der Waals surface area contributed by atoms with Gasteiger partial charge >= 0.3 is 0 Å². The minimum absolute atomic E-state index is 0. The molecule has 164 valence electrons. The maximum atomic E-state index is 12.7. The zero-order valence-electron chi connectivity index (χ0n) is 17.3. The van der Waals surface area contributed by atoms with Crippen LogP contribution >= 0.6 is 24.0 Å². The number of benzene rings is 1. The first kappa shape index (κ1) is 24.4. The van der Waals surface area contributed by atoms with Crippen molar-refractivity contribution in [2.75, 3.05) is 26.2 Å². The molecular weight excluding hydrogens is 499 g/mol. The van der Waals surface area contributed by atoms with Gasteiger partial charge in [0.25, 0.3) is 0 Å². The van der Waals surface area contributed by atoms with E-state index in [2.05, 4.69) is 17.6 Å². The van der Waals surface area contributed by atoms with E-state index in [-0.39, 0.29) is 24.0 Å². The first-order valence-electron chi connectivity index (χ1n) is 10.7. The molecule has 0 spiro atoms. The number of halogens is 1. The summed E-state index contributed by atoms with van der Waals surface area (Å²) in [6.07, 6.45) is 8.10. The van der Waals surface area contributed by atoms with Gasteiger partial charge in [-0.3, -0.25) is 4.99 Å². The van der Waals surface area contributed by atoms with E-state index in [1.54, 1.807) is 28.6 Å². The van der Waals surface area contributed by atoms with Gasteiger partial charge in [-0.25, -0.2) is 8.42 Å². The number of piperidine rings is 1. The van der Waals surface area contributed by atoms with Crippen molar-refractivity contribution in [2.45, 2.75) is 62.8 Å². The van der Waals surface area contributed by atoms with Crippen molar-refractivity contribution in [1.29, 1.82) is 0 Å². The Bertz CT molecular complexity index is 728. The van der Waals surface area contributed by atoms with Crippen molar-refractivity contribution in [3.63, 3.8) is 0 Å². The minimum Gasteiger partial charge on any atom is -0.357 e. The van der Waals surface area contributed by atoms with Crippen LogP contribution in [0.15, 0.2) is 40.2 Å². The van der Waals surface area contributed by atoms with E-state index in [4.69, 9.17) is 4.99 Å². The summed E-state index contributed by atoms with van der Waals surface area (Å²) in [5.41, 5.74) is 0. The van der Waals surface area contributed by atoms with E-state index >= 15 is 0 Å². The predicted octanol–water partition coefficient (Wildman–Crippen LogP) is 3.59. The highest BCUT2D eigenvalue weighted by molar-refractivity contribution is 14.0. The van der Waals surface area contributed by atoms with Crippen LogP contribution in [0.25, 0.3) is 0 Å². The molecule has 1 heterocycles. The summed E-state index contributed by atoms with van der Waals surface area (Å²) in [6.45, 7) is 4.84. The lowest BCUT2D eigenvalue weighted by Gasteiger charge is -2.31. The number of guanidine groups is 1. The molecule has 1 saturated carbocycles. The molecule has 1 aliphatic carbocycles. The molecule has 0 unspecified atom stereocenters. The molecule has 1 aliphatic heterocycles. The average Bonchev–Trinajstić information content (AvgIpc) is 2.74. The first-order chi connectivity index (χ1) is 13.6. The third-order valence-electron chi connectivity index (χ3n) is 5.75. The monoisotopic (exact) mass is 534 g/mol. The number of hydrogen-bond acceptors (Lipinski definition) is 3. The SMILES string of the molecule is CCNC(=NCC1CCN(S(=O)(=O)c2ccccc2)CC1)NC1CCCCC1.I. The molecule has 1 aromatic carbocycles. The minimum atomic E-state index is -3.37. The zero-order valence-corrected chi connectivity index (χ0v) is 20.5. The summed E-state index contributed by atoms with van der Waals surface area (Å²) in [7, 11) is -3.37. The Kier molecular flexibility index (Phi) is 10.2. The standard InChI is InChI=1S/C21H34N4O2S.HI/c1-2-22-21(24-19-9-5-3-6-10-19)23-17-18-13-15-25(16-14-18)28(26,27)20-11-7-4-8-12-20;/h4,7-8,11-12,18-19H,2-3,5-6,9-10,13-17H2,1H3,(H2,22,23,24);1H. The van der Waals surface area contributed by atoms with Crippen LogP contribution < -0.4 is 10.6 Å². The van der Waals surface area contributed by atoms with Gasteiger partial charge in [0.05, 0.1) is 4.90 Å². The molecule has 2 fully saturated rings. The van der Waals surface area contributed by atoms with Crippen LogP contribution in [0.3, 0.4) is 0 Å². The number of sulfonamides is 1. The molecule has 2 aliphatic rings. The second kappa shape index (κ2) is 12.1. The van der Waals surface area contributed by atoms with Gasteiger partial charge in [-0.05, 0) is 50.7 Å². The maximum Gasteiger partial charge on any atom is 0.243 e. The fourth-order valence-electron chi connectivity index (χ4n) is 4.05. The van der Waals surface area contributed by atoms with Crippen LogP contribution in [0.1, 0.15) is 51.9 Å². The number of aliphatic imine (C=N–C) groups is 1. The quantitative estimate of drug-likeness (QED) is 0.333. The smallest absolute Gasteiger partial charge is 0.243 e. The topological polar surface area (TPSA) is 73.8 Å². The average molecular weight is 535 g/mol. The Morgan fingerprint density at radius 2 is 1.72 bits per heavy atom. The van der Waals surface area contributed by atoms with Gasteiger partial charge in [0.15, 0.2) is 5.96 Å². The third-order valence-corrected chi connectivity index (χ3v) is 7.67. The number of nitrogens with zero attached hydrogens (tertiary/aromatic N) is 2. The van der Waals surface area contributed by atoms with Gasteiger partial charge in [-0.15, -0.1) is 24.0 Å². The molecule has 3 rings (SSSR count). The van der Waals surface area contributed by atoms with Crippen LogP contribution in [-0.4, -0.2) is 50.9 Å². The molecule has 0 aromatic heterocycles. The Morgan fingerprint density at radius 1 is 1.07 bits per heavy atom. The van der Waals surface area contributed by atoms with E-state index in [0.717, 1.165) is 31.9 Å². The van der Waals surface area contributed by atoms with Crippen LogP contribution in [-0.2, 0) is 10.0 Å². The van der Waals surface area contributed by atoms with Gasteiger partial charge in [0.1, 0.15) is 0 Å². The van der Waals surface area contributed by atoms with Crippen LogP contribution in [0.4, 0.5) is 0 Å². The maximum absolute atomic E-state index is 12.7. The lowest BCUT2D eigenvalue weighted by atomic mass is 9.96. The Balaban J connectivity index is 0.00000300. The van der Waals surface area contributed by atoms with E-state index in [0.29, 0.717) is 29.9 Å². The second-order valence-corrected chi connectivity index (χ2v) is 9.80. The van der Waals surface area contributed by atoms with E-state index < -0.39 is 10.0 Å².